The van der Waals surface area contributed by atoms with Gasteiger partial charge in [-0.1, -0.05) is 17.7 Å². The average Bonchev–Trinajstić information content (AvgIpc) is 3.15. The fourth-order valence-electron chi connectivity index (χ4n) is 2.46. The minimum Gasteiger partial charge on any atom is -0.467 e. The molecule has 26 heavy (non-hydrogen) atoms. The first-order valence-corrected chi connectivity index (χ1v) is 8.07. The minimum atomic E-state index is -0.564. The molecule has 0 atom stereocenters. The molecule has 0 N–H and O–H groups in total. The SMILES string of the molecule is O=C(c1cc([N+](=O)[O-])ccc1Cl)N(Cc1cccnc1)Cc1ccco1. The van der Waals surface area contributed by atoms with Gasteiger partial charge in [0, 0.05) is 31.1 Å². The quantitative estimate of drug-likeness (QED) is 0.481. The number of amides is 1. The van der Waals surface area contributed by atoms with Gasteiger partial charge in [0.05, 0.1) is 28.3 Å². The third-order valence-electron chi connectivity index (χ3n) is 3.70. The number of furan rings is 1. The Morgan fingerprint density at radius 2 is 2.08 bits per heavy atom. The highest BCUT2D eigenvalue weighted by Gasteiger charge is 2.22. The summed E-state index contributed by atoms with van der Waals surface area (Å²) >= 11 is 6.12. The summed E-state index contributed by atoms with van der Waals surface area (Å²) in [5.41, 5.74) is 0.683. The lowest BCUT2D eigenvalue weighted by Gasteiger charge is -2.22. The number of hydrogen-bond donors (Lipinski definition) is 0. The highest BCUT2D eigenvalue weighted by molar-refractivity contribution is 6.33. The lowest BCUT2D eigenvalue weighted by atomic mass is 10.1. The Bertz CT molecular complexity index is 913. The zero-order valence-corrected chi connectivity index (χ0v) is 14.3. The Kier molecular flexibility index (Phi) is 5.28. The van der Waals surface area contributed by atoms with E-state index >= 15 is 0 Å². The van der Waals surface area contributed by atoms with Crippen molar-refractivity contribution in [3.63, 3.8) is 0 Å². The van der Waals surface area contributed by atoms with Crippen molar-refractivity contribution in [3.05, 3.63) is 93.1 Å². The molecule has 132 valence electrons. The van der Waals surface area contributed by atoms with Crippen LogP contribution in [-0.2, 0) is 13.1 Å². The van der Waals surface area contributed by atoms with Gasteiger partial charge >= 0.3 is 0 Å². The Hall–Kier alpha value is -3.19. The molecular weight excluding hydrogens is 358 g/mol. The molecule has 3 aromatic rings. The van der Waals surface area contributed by atoms with Gasteiger partial charge in [-0.05, 0) is 29.8 Å². The van der Waals surface area contributed by atoms with Crippen molar-refractivity contribution in [2.45, 2.75) is 13.1 Å². The maximum absolute atomic E-state index is 13.0. The minimum absolute atomic E-state index is 0.0660. The molecule has 0 radical (unpaired) electrons. The second kappa shape index (κ2) is 7.79. The van der Waals surface area contributed by atoms with Crippen LogP contribution >= 0.6 is 11.6 Å². The molecule has 7 nitrogen and oxygen atoms in total. The van der Waals surface area contributed by atoms with Gasteiger partial charge in [0.1, 0.15) is 5.76 Å². The molecule has 2 heterocycles. The molecule has 2 aromatic heterocycles. The molecule has 8 heteroatoms. The van der Waals surface area contributed by atoms with Crippen LogP contribution in [0.15, 0.2) is 65.5 Å². The molecule has 1 aromatic carbocycles. The summed E-state index contributed by atoms with van der Waals surface area (Å²) in [6.07, 6.45) is 4.81. The summed E-state index contributed by atoms with van der Waals surface area (Å²) in [5.74, 6) is 0.155. The Labute approximate surface area is 154 Å². The number of hydrogen-bond acceptors (Lipinski definition) is 5. The Morgan fingerprint density at radius 1 is 1.23 bits per heavy atom. The van der Waals surface area contributed by atoms with Gasteiger partial charge in [0.25, 0.3) is 11.6 Å². The monoisotopic (exact) mass is 371 g/mol. The number of non-ortho nitro benzene ring substituents is 1. The van der Waals surface area contributed by atoms with Crippen molar-refractivity contribution in [1.82, 2.24) is 9.88 Å². The van der Waals surface area contributed by atoms with Crippen molar-refractivity contribution >= 4 is 23.2 Å². The Morgan fingerprint density at radius 3 is 2.73 bits per heavy atom. The molecule has 0 aliphatic rings. The molecule has 0 aliphatic carbocycles. The van der Waals surface area contributed by atoms with Crippen LogP contribution < -0.4 is 0 Å². The first-order valence-electron chi connectivity index (χ1n) is 7.69. The van der Waals surface area contributed by atoms with Gasteiger partial charge in [0.15, 0.2) is 0 Å². The fraction of sp³-hybridized carbons (Fsp3) is 0.111. The fourth-order valence-corrected chi connectivity index (χ4v) is 2.66. The van der Waals surface area contributed by atoms with E-state index in [0.29, 0.717) is 5.76 Å². The van der Waals surface area contributed by atoms with Crippen LogP contribution in [0, 0.1) is 10.1 Å². The highest BCUT2D eigenvalue weighted by atomic mass is 35.5. The highest BCUT2D eigenvalue weighted by Crippen LogP contribution is 2.25. The standard InChI is InChI=1S/C18H14ClN3O4/c19-17-6-5-14(22(24)25)9-16(17)18(23)21(12-15-4-2-8-26-15)11-13-3-1-7-20-10-13/h1-10H,11-12H2. The molecule has 0 spiro atoms. The van der Waals surface area contributed by atoms with E-state index in [1.54, 1.807) is 30.6 Å². The predicted molar refractivity (Wildman–Crippen MR) is 94.6 cm³/mol. The number of nitro benzene ring substituents is 1. The van der Waals surface area contributed by atoms with E-state index < -0.39 is 10.8 Å². The van der Waals surface area contributed by atoms with Gasteiger partial charge in [-0.15, -0.1) is 0 Å². The van der Waals surface area contributed by atoms with Gasteiger partial charge in [-0.25, -0.2) is 0 Å². The van der Waals surface area contributed by atoms with Crippen molar-refractivity contribution in [2.24, 2.45) is 0 Å². The zero-order valence-electron chi connectivity index (χ0n) is 13.5. The first-order chi connectivity index (χ1) is 12.5. The summed E-state index contributed by atoms with van der Waals surface area (Å²) in [5, 5.41) is 11.2. The van der Waals surface area contributed by atoms with Crippen molar-refractivity contribution in [3.8, 4) is 0 Å². The molecule has 1 amide bonds. The van der Waals surface area contributed by atoms with Gasteiger partial charge in [-0.3, -0.25) is 19.9 Å². The third kappa shape index (κ3) is 4.07. The molecule has 0 aliphatic heterocycles. The van der Waals surface area contributed by atoms with Crippen LogP contribution in [-0.4, -0.2) is 20.7 Å². The number of carbonyl (C=O) groups excluding carboxylic acids is 1. The van der Waals surface area contributed by atoms with Crippen LogP contribution in [0.3, 0.4) is 0 Å². The van der Waals surface area contributed by atoms with E-state index in [1.165, 1.54) is 29.4 Å². The maximum Gasteiger partial charge on any atom is 0.270 e. The molecule has 0 saturated carbocycles. The van der Waals surface area contributed by atoms with Gasteiger partial charge < -0.3 is 9.32 Å². The summed E-state index contributed by atoms with van der Waals surface area (Å²) in [7, 11) is 0. The molecule has 3 rings (SSSR count). The van der Waals surface area contributed by atoms with Crippen LogP contribution in [0.5, 0.6) is 0 Å². The molecule has 0 saturated heterocycles. The van der Waals surface area contributed by atoms with Crippen LogP contribution in [0.4, 0.5) is 5.69 Å². The van der Waals surface area contributed by atoms with E-state index in [1.807, 2.05) is 6.07 Å². The predicted octanol–water partition coefficient (Wildman–Crippen LogP) is 4.08. The Balaban J connectivity index is 1.94. The van der Waals surface area contributed by atoms with E-state index in [9.17, 15) is 14.9 Å². The van der Waals surface area contributed by atoms with Crippen molar-refractivity contribution in [1.29, 1.82) is 0 Å². The summed E-state index contributed by atoms with van der Waals surface area (Å²) in [6.45, 7) is 0.451. The normalized spacial score (nSPS) is 10.5. The summed E-state index contributed by atoms with van der Waals surface area (Å²) in [6, 6.07) is 10.9. The largest absolute Gasteiger partial charge is 0.467 e. The zero-order chi connectivity index (χ0) is 18.5. The topological polar surface area (TPSA) is 89.5 Å². The van der Waals surface area contributed by atoms with Gasteiger partial charge in [0.2, 0.25) is 0 Å². The molecule has 0 fully saturated rings. The first kappa shape index (κ1) is 17.6. The lowest BCUT2D eigenvalue weighted by Crippen LogP contribution is -2.30. The number of rotatable bonds is 6. The second-order valence-corrected chi connectivity index (χ2v) is 5.93. The number of nitro groups is 1. The molecule has 0 bridgehead atoms. The van der Waals surface area contributed by atoms with Crippen LogP contribution in [0.25, 0.3) is 0 Å². The third-order valence-corrected chi connectivity index (χ3v) is 4.03. The van der Waals surface area contributed by atoms with Crippen LogP contribution in [0.1, 0.15) is 21.7 Å². The average molecular weight is 372 g/mol. The number of pyridine rings is 1. The second-order valence-electron chi connectivity index (χ2n) is 5.52. The number of nitrogens with zero attached hydrogens (tertiary/aromatic N) is 3. The lowest BCUT2D eigenvalue weighted by molar-refractivity contribution is -0.384. The van der Waals surface area contributed by atoms with E-state index in [4.69, 9.17) is 16.0 Å². The number of halogens is 1. The number of carbonyl (C=O) groups is 1. The summed E-state index contributed by atoms with van der Waals surface area (Å²) in [4.78, 5) is 29.0. The van der Waals surface area contributed by atoms with E-state index in [2.05, 4.69) is 4.98 Å². The van der Waals surface area contributed by atoms with Crippen LogP contribution in [0.2, 0.25) is 5.02 Å². The smallest absolute Gasteiger partial charge is 0.270 e. The van der Waals surface area contributed by atoms with Gasteiger partial charge in [-0.2, -0.15) is 0 Å². The van der Waals surface area contributed by atoms with E-state index in [0.717, 1.165) is 5.56 Å². The summed E-state index contributed by atoms with van der Waals surface area (Å²) < 4.78 is 5.33. The van der Waals surface area contributed by atoms with E-state index in [-0.39, 0.29) is 29.4 Å². The van der Waals surface area contributed by atoms with Crippen molar-refractivity contribution in [2.75, 3.05) is 0 Å². The number of aromatic nitrogens is 1. The maximum atomic E-state index is 13.0. The van der Waals surface area contributed by atoms with Crippen molar-refractivity contribution < 1.29 is 14.1 Å². The molecule has 0 unspecified atom stereocenters. The molecular formula is C18H14ClN3O4. The number of benzene rings is 1.